The van der Waals surface area contributed by atoms with Crippen molar-refractivity contribution in [3.05, 3.63) is 0 Å². The topological polar surface area (TPSA) is 92.8 Å². The van der Waals surface area contributed by atoms with Gasteiger partial charge >= 0.3 is 12.0 Å². The second-order valence-electron chi connectivity index (χ2n) is 4.26. The number of nitrogens with zero attached hydrogens (tertiary/aromatic N) is 1. The number of hydrogen-bond acceptors (Lipinski definition) is 5. The number of urea groups is 1. The van der Waals surface area contributed by atoms with Gasteiger partial charge < -0.3 is 4.74 Å². The molecule has 1 saturated heterocycles. The van der Waals surface area contributed by atoms with E-state index in [1.54, 1.807) is 0 Å². The molecular formula is C10H14N2O5. The van der Waals surface area contributed by atoms with E-state index in [2.05, 4.69) is 4.74 Å². The molecule has 0 aromatic carbocycles. The number of nitrogens with one attached hydrogen (secondary N) is 1. The quantitative estimate of drug-likeness (QED) is 0.528. The molecule has 0 aromatic heterocycles. The predicted molar refractivity (Wildman–Crippen MR) is 55.6 cm³/mol. The van der Waals surface area contributed by atoms with Crippen molar-refractivity contribution in [3.63, 3.8) is 0 Å². The Morgan fingerprint density at radius 1 is 1.35 bits per heavy atom. The molecule has 0 radical (unpaired) electrons. The Morgan fingerprint density at radius 3 is 2.35 bits per heavy atom. The van der Waals surface area contributed by atoms with Crippen LogP contribution in [0.5, 0.6) is 0 Å². The lowest BCUT2D eigenvalue weighted by molar-refractivity contribution is -0.158. The van der Waals surface area contributed by atoms with Gasteiger partial charge in [-0.2, -0.15) is 0 Å². The summed E-state index contributed by atoms with van der Waals surface area (Å²) in [5.41, 5.74) is -1.38. The third kappa shape index (κ3) is 2.00. The number of hydrogen-bond donors (Lipinski definition) is 1. The van der Waals surface area contributed by atoms with Crippen LogP contribution in [0.15, 0.2) is 0 Å². The summed E-state index contributed by atoms with van der Waals surface area (Å²) in [6, 6.07) is -1.97. The molecule has 1 aliphatic heterocycles. The zero-order chi connectivity index (χ0) is 13.4. The molecule has 1 rings (SSSR count). The van der Waals surface area contributed by atoms with E-state index >= 15 is 0 Å². The number of carbonyl (C=O) groups excluding carboxylic acids is 4. The largest absolute Gasteiger partial charge is 0.467 e. The maximum atomic E-state index is 12.0. The molecule has 1 fully saturated rings. The molecule has 4 amide bonds. The summed E-state index contributed by atoms with van der Waals surface area (Å²) < 4.78 is 4.46. The number of carbonyl (C=O) groups is 4. The number of methoxy groups -OCH3 is 1. The monoisotopic (exact) mass is 242 g/mol. The number of rotatable bonds is 2. The Labute approximate surface area is 98.1 Å². The van der Waals surface area contributed by atoms with Crippen molar-refractivity contribution in [2.24, 2.45) is 5.41 Å². The van der Waals surface area contributed by atoms with Gasteiger partial charge in [0, 0.05) is 0 Å². The molecule has 7 nitrogen and oxygen atoms in total. The number of ether oxygens (including phenoxy) is 1. The van der Waals surface area contributed by atoms with Crippen molar-refractivity contribution in [1.29, 1.82) is 0 Å². The van der Waals surface area contributed by atoms with Gasteiger partial charge in [0.1, 0.15) is 11.5 Å². The summed E-state index contributed by atoms with van der Waals surface area (Å²) in [6.07, 6.45) is 0. The van der Waals surface area contributed by atoms with Crippen LogP contribution >= 0.6 is 0 Å². The smallest absolute Gasteiger partial charge is 0.331 e. The standard InChI is InChI=1S/C10H14N2O5/c1-5(6(13)17-4)12-8(15)10(2,3)7(14)11-9(12)16/h5H,1-4H3,(H,11,14,16). The molecule has 1 unspecified atom stereocenters. The van der Waals surface area contributed by atoms with E-state index in [1.807, 2.05) is 5.32 Å². The maximum Gasteiger partial charge on any atom is 0.331 e. The Hall–Kier alpha value is -1.92. The minimum atomic E-state index is -1.38. The van der Waals surface area contributed by atoms with E-state index in [1.165, 1.54) is 20.8 Å². The maximum absolute atomic E-state index is 12.0. The molecule has 1 aliphatic rings. The highest BCUT2D eigenvalue weighted by molar-refractivity contribution is 6.19. The summed E-state index contributed by atoms with van der Waals surface area (Å²) in [6.45, 7) is 4.12. The van der Waals surface area contributed by atoms with Crippen molar-refractivity contribution in [2.45, 2.75) is 26.8 Å². The van der Waals surface area contributed by atoms with E-state index in [-0.39, 0.29) is 0 Å². The number of imide groups is 2. The van der Waals surface area contributed by atoms with Crippen LogP contribution < -0.4 is 5.32 Å². The van der Waals surface area contributed by atoms with Gasteiger partial charge in [0.15, 0.2) is 0 Å². The number of barbiturate groups is 1. The van der Waals surface area contributed by atoms with Gasteiger partial charge in [-0.1, -0.05) is 0 Å². The molecule has 1 atom stereocenters. The Kier molecular flexibility index (Phi) is 3.21. The van der Waals surface area contributed by atoms with Gasteiger partial charge in [0.05, 0.1) is 7.11 Å². The minimum Gasteiger partial charge on any atom is -0.467 e. The van der Waals surface area contributed by atoms with Crippen LogP contribution in [0.3, 0.4) is 0 Å². The molecule has 0 bridgehead atoms. The normalized spacial score (nSPS) is 20.9. The molecular weight excluding hydrogens is 228 g/mol. The first-order valence-corrected chi connectivity index (χ1v) is 5.00. The second-order valence-corrected chi connectivity index (χ2v) is 4.26. The number of amides is 4. The average Bonchev–Trinajstić information content (AvgIpc) is 2.25. The van der Waals surface area contributed by atoms with Gasteiger partial charge in [0.25, 0.3) is 0 Å². The van der Waals surface area contributed by atoms with Crippen molar-refractivity contribution >= 4 is 23.8 Å². The zero-order valence-electron chi connectivity index (χ0n) is 10.1. The van der Waals surface area contributed by atoms with E-state index in [9.17, 15) is 19.2 Å². The first kappa shape index (κ1) is 13.1. The first-order valence-electron chi connectivity index (χ1n) is 5.00. The van der Waals surface area contributed by atoms with Crippen LogP contribution in [0.2, 0.25) is 0 Å². The number of esters is 1. The van der Waals surface area contributed by atoms with Crippen molar-refractivity contribution in [3.8, 4) is 0 Å². The molecule has 0 aliphatic carbocycles. The zero-order valence-corrected chi connectivity index (χ0v) is 10.1. The average molecular weight is 242 g/mol. The Morgan fingerprint density at radius 2 is 1.88 bits per heavy atom. The molecule has 0 aromatic rings. The lowest BCUT2D eigenvalue weighted by atomic mass is 9.88. The second kappa shape index (κ2) is 4.15. The lowest BCUT2D eigenvalue weighted by Gasteiger charge is -2.36. The van der Waals surface area contributed by atoms with Crippen LogP contribution in [0.1, 0.15) is 20.8 Å². The molecule has 1 N–H and O–H groups in total. The van der Waals surface area contributed by atoms with Gasteiger partial charge in [0.2, 0.25) is 11.8 Å². The molecule has 0 spiro atoms. The molecule has 7 heteroatoms. The predicted octanol–water partition coefficient (Wildman–Crippen LogP) is -0.348. The Bertz CT molecular complexity index is 402. The van der Waals surface area contributed by atoms with Crippen LogP contribution in [-0.2, 0) is 19.1 Å². The van der Waals surface area contributed by atoms with Crippen LogP contribution in [-0.4, -0.2) is 41.9 Å². The highest BCUT2D eigenvalue weighted by Gasteiger charge is 2.49. The highest BCUT2D eigenvalue weighted by Crippen LogP contribution is 2.25. The van der Waals surface area contributed by atoms with E-state index in [0.29, 0.717) is 4.90 Å². The van der Waals surface area contributed by atoms with Gasteiger partial charge in [-0.05, 0) is 20.8 Å². The van der Waals surface area contributed by atoms with E-state index in [4.69, 9.17) is 0 Å². The van der Waals surface area contributed by atoms with Crippen molar-refractivity contribution in [2.75, 3.05) is 7.11 Å². The minimum absolute atomic E-state index is 0.680. The van der Waals surface area contributed by atoms with Crippen LogP contribution in [0.25, 0.3) is 0 Å². The molecule has 0 saturated carbocycles. The summed E-state index contributed by atoms with van der Waals surface area (Å²) in [4.78, 5) is 47.0. The molecule has 94 valence electrons. The van der Waals surface area contributed by atoms with Gasteiger partial charge in [-0.15, -0.1) is 0 Å². The van der Waals surface area contributed by atoms with Crippen molar-refractivity contribution < 1.29 is 23.9 Å². The fourth-order valence-electron chi connectivity index (χ4n) is 1.43. The summed E-state index contributed by atoms with van der Waals surface area (Å²) >= 11 is 0. The van der Waals surface area contributed by atoms with Gasteiger partial charge in [-0.3, -0.25) is 14.9 Å². The highest BCUT2D eigenvalue weighted by atomic mass is 16.5. The summed E-state index contributed by atoms with van der Waals surface area (Å²) in [5, 5.41) is 2.03. The third-order valence-corrected chi connectivity index (χ3v) is 2.69. The molecule has 1 heterocycles. The summed E-state index contributed by atoms with van der Waals surface area (Å²) in [5.74, 6) is -2.12. The van der Waals surface area contributed by atoms with Crippen molar-refractivity contribution in [1.82, 2.24) is 10.2 Å². The lowest BCUT2D eigenvalue weighted by Crippen LogP contribution is -2.65. The Balaban J connectivity index is 3.08. The third-order valence-electron chi connectivity index (χ3n) is 2.69. The van der Waals surface area contributed by atoms with Crippen LogP contribution in [0, 0.1) is 5.41 Å². The van der Waals surface area contributed by atoms with E-state index < -0.39 is 35.3 Å². The summed E-state index contributed by atoms with van der Waals surface area (Å²) in [7, 11) is 1.15. The SMILES string of the molecule is COC(=O)C(C)N1C(=O)NC(=O)C(C)(C)C1=O. The first-order chi connectivity index (χ1) is 7.73. The fourth-order valence-corrected chi connectivity index (χ4v) is 1.43. The van der Waals surface area contributed by atoms with Crippen LogP contribution in [0.4, 0.5) is 4.79 Å². The van der Waals surface area contributed by atoms with Gasteiger partial charge in [-0.25, -0.2) is 14.5 Å². The molecule has 17 heavy (non-hydrogen) atoms. The van der Waals surface area contributed by atoms with E-state index in [0.717, 1.165) is 7.11 Å². The fraction of sp³-hybridized carbons (Fsp3) is 0.600.